The highest BCUT2D eigenvalue weighted by molar-refractivity contribution is 9.09. The zero-order valence-corrected chi connectivity index (χ0v) is 9.80. The first kappa shape index (κ1) is 13.2. The number of benzene rings is 1. The number of hydrogen-bond acceptors (Lipinski definition) is 2. The van der Waals surface area contributed by atoms with Gasteiger partial charge in [-0.3, -0.25) is 10.1 Å². The molecule has 1 aromatic carbocycles. The molecular formula is C8H4BrClF3NO2. The molecule has 0 unspecified atom stereocenters. The lowest BCUT2D eigenvalue weighted by atomic mass is 10.1. The largest absolute Gasteiger partial charge is 0.405 e. The molecule has 0 N–H and O–H groups in total. The molecule has 1 rings (SSSR count). The van der Waals surface area contributed by atoms with Crippen molar-refractivity contribution in [2.24, 2.45) is 0 Å². The average molecular weight is 318 g/mol. The van der Waals surface area contributed by atoms with E-state index in [2.05, 4.69) is 15.9 Å². The minimum absolute atomic E-state index is 0.198. The lowest BCUT2D eigenvalue weighted by Gasteiger charge is -2.13. The van der Waals surface area contributed by atoms with Crippen LogP contribution in [0, 0.1) is 10.1 Å². The molecule has 1 atom stereocenters. The molecule has 8 heteroatoms. The zero-order chi connectivity index (χ0) is 12.5. The highest BCUT2D eigenvalue weighted by Crippen LogP contribution is 2.41. The van der Waals surface area contributed by atoms with Crippen LogP contribution in [0.3, 0.4) is 0 Å². The number of halogens is 5. The van der Waals surface area contributed by atoms with Gasteiger partial charge in [-0.15, -0.1) is 0 Å². The van der Waals surface area contributed by atoms with Gasteiger partial charge in [0.2, 0.25) is 0 Å². The molecule has 0 spiro atoms. The summed E-state index contributed by atoms with van der Waals surface area (Å²) in [6, 6.07) is 2.95. The summed E-state index contributed by atoms with van der Waals surface area (Å²) in [5, 5.41) is 10.3. The van der Waals surface area contributed by atoms with E-state index in [9.17, 15) is 23.3 Å². The number of nitro benzene ring substituents is 1. The first-order valence-electron chi connectivity index (χ1n) is 3.88. The van der Waals surface area contributed by atoms with Crippen LogP contribution in [0.5, 0.6) is 0 Å². The molecule has 3 nitrogen and oxygen atoms in total. The minimum Gasteiger partial charge on any atom is -0.258 e. The average Bonchev–Trinajstić information content (AvgIpc) is 2.15. The summed E-state index contributed by atoms with van der Waals surface area (Å²) in [4.78, 5) is 7.69. The fraction of sp³-hybridized carbons (Fsp3) is 0.250. The lowest BCUT2D eigenvalue weighted by Crippen LogP contribution is -2.15. The van der Waals surface area contributed by atoms with Crippen molar-refractivity contribution in [2.75, 3.05) is 0 Å². The third-order valence-corrected chi connectivity index (χ3v) is 3.11. The van der Waals surface area contributed by atoms with Gasteiger partial charge in [-0.25, -0.2) is 0 Å². The molecule has 16 heavy (non-hydrogen) atoms. The van der Waals surface area contributed by atoms with Crippen LogP contribution in [0.2, 0.25) is 5.02 Å². The van der Waals surface area contributed by atoms with Crippen LogP contribution >= 0.6 is 27.5 Å². The summed E-state index contributed by atoms with van der Waals surface area (Å²) < 4.78 is 37.0. The maximum Gasteiger partial charge on any atom is 0.405 e. The third-order valence-electron chi connectivity index (χ3n) is 1.75. The van der Waals surface area contributed by atoms with E-state index in [0.29, 0.717) is 0 Å². The van der Waals surface area contributed by atoms with E-state index in [0.717, 1.165) is 18.2 Å². The topological polar surface area (TPSA) is 43.1 Å². The number of nitrogens with zero attached hydrogens (tertiary/aromatic N) is 1. The van der Waals surface area contributed by atoms with E-state index in [-0.39, 0.29) is 10.6 Å². The Morgan fingerprint density at radius 2 is 2.00 bits per heavy atom. The number of nitro groups is 1. The van der Waals surface area contributed by atoms with Crippen molar-refractivity contribution in [1.29, 1.82) is 0 Å². The summed E-state index contributed by atoms with van der Waals surface area (Å²) in [6.07, 6.45) is -4.51. The number of hydrogen-bond donors (Lipinski definition) is 0. The van der Waals surface area contributed by atoms with E-state index in [4.69, 9.17) is 11.6 Å². The SMILES string of the molecule is O=[N+]([O-])c1cc([C@@H](Br)C(F)(F)F)ccc1Cl. The second-order valence-electron chi connectivity index (χ2n) is 2.87. The molecule has 88 valence electrons. The standard InChI is InChI=1S/C8H4BrClF3NO2/c9-7(8(11,12)13)4-1-2-5(10)6(3-4)14(15)16/h1-3,7H/t7-/m1/s1. The minimum atomic E-state index is -4.51. The van der Waals surface area contributed by atoms with Gasteiger partial charge in [0.25, 0.3) is 5.69 Å². The fourth-order valence-electron chi connectivity index (χ4n) is 1.02. The zero-order valence-electron chi connectivity index (χ0n) is 7.46. The second-order valence-corrected chi connectivity index (χ2v) is 4.20. The molecule has 0 amide bonds. The Balaban J connectivity index is 3.18. The Morgan fingerprint density at radius 1 is 1.44 bits per heavy atom. The summed E-state index contributed by atoms with van der Waals surface area (Å²) in [7, 11) is 0. The van der Waals surface area contributed by atoms with Crippen LogP contribution < -0.4 is 0 Å². The predicted molar refractivity (Wildman–Crippen MR) is 55.8 cm³/mol. The first-order chi connectivity index (χ1) is 7.23. The van der Waals surface area contributed by atoms with Crippen molar-refractivity contribution >= 4 is 33.2 Å². The van der Waals surface area contributed by atoms with Crippen LogP contribution in [-0.2, 0) is 0 Å². The van der Waals surface area contributed by atoms with Crippen molar-refractivity contribution in [1.82, 2.24) is 0 Å². The van der Waals surface area contributed by atoms with Gasteiger partial charge in [0.1, 0.15) is 9.85 Å². The van der Waals surface area contributed by atoms with Crippen LogP contribution in [0.1, 0.15) is 10.4 Å². The summed E-state index contributed by atoms with van der Waals surface area (Å²) in [5.74, 6) is 0. The van der Waals surface area contributed by atoms with Gasteiger partial charge in [-0.05, 0) is 11.6 Å². The molecule has 0 fully saturated rings. The highest BCUT2D eigenvalue weighted by Gasteiger charge is 2.39. The summed E-state index contributed by atoms with van der Waals surface area (Å²) in [5.41, 5.74) is -0.809. The van der Waals surface area contributed by atoms with E-state index in [1.807, 2.05) is 0 Å². The van der Waals surface area contributed by atoms with Crippen molar-refractivity contribution in [3.63, 3.8) is 0 Å². The molecule has 0 heterocycles. The van der Waals surface area contributed by atoms with Crippen LogP contribution in [0.4, 0.5) is 18.9 Å². The summed E-state index contributed by atoms with van der Waals surface area (Å²) in [6.45, 7) is 0. The smallest absolute Gasteiger partial charge is 0.258 e. The van der Waals surface area contributed by atoms with Gasteiger partial charge in [-0.1, -0.05) is 33.6 Å². The number of rotatable bonds is 2. The van der Waals surface area contributed by atoms with E-state index in [1.165, 1.54) is 0 Å². The second kappa shape index (κ2) is 4.58. The van der Waals surface area contributed by atoms with E-state index < -0.39 is 21.6 Å². The molecular weight excluding hydrogens is 314 g/mol. The predicted octanol–water partition coefficient (Wildman–Crippen LogP) is 4.25. The fourth-order valence-corrected chi connectivity index (χ4v) is 1.49. The molecule has 0 bridgehead atoms. The Morgan fingerprint density at radius 3 is 2.44 bits per heavy atom. The normalized spacial score (nSPS) is 13.6. The molecule has 1 aromatic rings. The van der Waals surface area contributed by atoms with E-state index >= 15 is 0 Å². The Labute approximate surface area is 101 Å². The Hall–Kier alpha value is -0.820. The quantitative estimate of drug-likeness (QED) is 0.465. The van der Waals surface area contributed by atoms with Crippen molar-refractivity contribution < 1.29 is 18.1 Å². The van der Waals surface area contributed by atoms with Crippen LogP contribution in [0.15, 0.2) is 18.2 Å². The maximum atomic E-state index is 12.3. The first-order valence-corrected chi connectivity index (χ1v) is 5.17. The third kappa shape index (κ3) is 2.85. The molecule has 0 aliphatic heterocycles. The molecule has 0 aliphatic rings. The molecule has 0 radical (unpaired) electrons. The molecule has 0 saturated heterocycles. The van der Waals surface area contributed by atoms with Gasteiger partial charge in [0.15, 0.2) is 0 Å². The lowest BCUT2D eigenvalue weighted by molar-refractivity contribution is -0.384. The molecule has 0 aromatic heterocycles. The van der Waals surface area contributed by atoms with Gasteiger partial charge in [-0.2, -0.15) is 13.2 Å². The van der Waals surface area contributed by atoms with Crippen molar-refractivity contribution in [3.8, 4) is 0 Å². The van der Waals surface area contributed by atoms with Crippen LogP contribution in [-0.4, -0.2) is 11.1 Å². The van der Waals surface area contributed by atoms with Gasteiger partial charge < -0.3 is 0 Å². The highest BCUT2D eigenvalue weighted by atomic mass is 79.9. The monoisotopic (exact) mass is 317 g/mol. The van der Waals surface area contributed by atoms with E-state index in [1.54, 1.807) is 0 Å². The Bertz CT molecular complexity index is 424. The van der Waals surface area contributed by atoms with Gasteiger partial charge >= 0.3 is 6.18 Å². The van der Waals surface area contributed by atoms with Crippen molar-refractivity contribution in [3.05, 3.63) is 38.9 Å². The van der Waals surface area contributed by atoms with Crippen molar-refractivity contribution in [2.45, 2.75) is 11.0 Å². The molecule has 0 aliphatic carbocycles. The van der Waals surface area contributed by atoms with Crippen LogP contribution in [0.25, 0.3) is 0 Å². The maximum absolute atomic E-state index is 12.3. The Kier molecular flexibility index (Phi) is 3.80. The summed E-state index contributed by atoms with van der Waals surface area (Å²) >= 11 is 7.90. The molecule has 0 saturated carbocycles. The van der Waals surface area contributed by atoms with Gasteiger partial charge in [0, 0.05) is 6.07 Å². The number of alkyl halides is 4. The van der Waals surface area contributed by atoms with Gasteiger partial charge in [0.05, 0.1) is 4.92 Å².